The lowest BCUT2D eigenvalue weighted by atomic mass is 9.97. The zero-order valence-corrected chi connectivity index (χ0v) is 18.2. The molecule has 1 atom stereocenters. The predicted octanol–water partition coefficient (Wildman–Crippen LogP) is 4.70. The van der Waals surface area contributed by atoms with Crippen LogP contribution in [-0.4, -0.2) is 35.1 Å². The Labute approximate surface area is 173 Å². The number of hydrogen-bond donors (Lipinski definition) is 0. The molecule has 0 spiro atoms. The Kier molecular flexibility index (Phi) is 6.99. The number of carbonyl (C=O) groups is 1. The van der Waals surface area contributed by atoms with Crippen LogP contribution in [0.4, 0.5) is 0 Å². The summed E-state index contributed by atoms with van der Waals surface area (Å²) >= 11 is 0. The molecule has 0 bridgehead atoms. The number of fused-ring (bicyclic) bond motifs is 1. The summed E-state index contributed by atoms with van der Waals surface area (Å²) in [5, 5.41) is 0.991. The summed E-state index contributed by atoms with van der Waals surface area (Å²) in [6, 6.07) is 7.98. The van der Waals surface area contributed by atoms with Gasteiger partial charge in [-0.15, -0.1) is 0 Å². The van der Waals surface area contributed by atoms with E-state index in [-0.39, 0.29) is 24.1 Å². The molecule has 3 rings (SSSR count). The molecule has 1 aliphatic rings. The fourth-order valence-electron chi connectivity index (χ4n) is 4.47. The zero-order valence-electron chi connectivity index (χ0n) is 18.2. The van der Waals surface area contributed by atoms with Crippen LogP contribution in [0.15, 0.2) is 29.1 Å². The van der Waals surface area contributed by atoms with Crippen molar-refractivity contribution in [3.05, 3.63) is 40.2 Å². The molecule has 1 fully saturated rings. The summed E-state index contributed by atoms with van der Waals surface area (Å²) < 4.78 is 7.06. The lowest BCUT2D eigenvalue weighted by molar-refractivity contribution is -0.134. The molecule has 1 aliphatic carbocycles. The Morgan fingerprint density at radius 2 is 1.97 bits per heavy atom. The molecule has 0 saturated heterocycles. The van der Waals surface area contributed by atoms with Gasteiger partial charge in [-0.3, -0.25) is 14.2 Å². The summed E-state index contributed by atoms with van der Waals surface area (Å²) in [7, 11) is 1.62. The van der Waals surface area contributed by atoms with E-state index in [0.29, 0.717) is 18.2 Å². The van der Waals surface area contributed by atoms with Crippen molar-refractivity contribution in [1.29, 1.82) is 0 Å². The highest BCUT2D eigenvalue weighted by atomic mass is 16.5. The molecule has 5 nitrogen and oxygen atoms in total. The highest BCUT2D eigenvalue weighted by Crippen LogP contribution is 2.34. The second kappa shape index (κ2) is 9.47. The molecule has 0 radical (unpaired) electrons. The van der Waals surface area contributed by atoms with Gasteiger partial charge in [-0.2, -0.15) is 0 Å². The van der Waals surface area contributed by atoms with Crippen molar-refractivity contribution in [3.8, 4) is 5.75 Å². The second-order valence-electron chi connectivity index (χ2n) is 8.24. The third-order valence-corrected chi connectivity index (χ3v) is 6.33. The number of amides is 1. The van der Waals surface area contributed by atoms with E-state index in [4.69, 9.17) is 4.74 Å². The number of aromatic nitrogens is 1. The molecule has 0 aliphatic heterocycles. The maximum atomic E-state index is 13.5. The Balaban J connectivity index is 2.09. The minimum Gasteiger partial charge on any atom is -0.497 e. The summed E-state index contributed by atoms with van der Waals surface area (Å²) in [5.41, 5.74) is 1.61. The van der Waals surface area contributed by atoms with Crippen molar-refractivity contribution in [2.75, 3.05) is 13.7 Å². The number of pyridine rings is 1. The number of nitrogens with zero attached hydrogens (tertiary/aromatic N) is 2. The topological polar surface area (TPSA) is 51.5 Å². The average molecular weight is 399 g/mol. The van der Waals surface area contributed by atoms with E-state index < -0.39 is 0 Å². The third kappa shape index (κ3) is 4.49. The monoisotopic (exact) mass is 398 g/mol. The van der Waals surface area contributed by atoms with Crippen molar-refractivity contribution in [2.24, 2.45) is 0 Å². The number of methoxy groups -OCH3 is 1. The van der Waals surface area contributed by atoms with Gasteiger partial charge in [-0.25, -0.2) is 0 Å². The van der Waals surface area contributed by atoms with Crippen LogP contribution in [0.5, 0.6) is 5.75 Å². The maximum absolute atomic E-state index is 13.5. The van der Waals surface area contributed by atoms with Gasteiger partial charge in [-0.1, -0.05) is 26.7 Å². The standard InChI is InChI=1S/C24H34N2O3/c1-5-13-25(17(3)6-2)23(27)16-26-22-15-20(29-4)12-11-19(22)14-21(24(26)28)18-9-7-8-10-18/h11-12,14-15,17-18H,5-10,13,16H2,1-4H3. The van der Waals surface area contributed by atoms with Crippen LogP contribution < -0.4 is 10.3 Å². The number of ether oxygens (including phenoxy) is 1. The van der Waals surface area contributed by atoms with Crippen LogP contribution in [0.2, 0.25) is 0 Å². The number of benzene rings is 1. The minimum atomic E-state index is -0.0217. The van der Waals surface area contributed by atoms with Gasteiger partial charge in [0.15, 0.2) is 0 Å². The molecule has 29 heavy (non-hydrogen) atoms. The van der Waals surface area contributed by atoms with E-state index in [1.807, 2.05) is 29.2 Å². The van der Waals surface area contributed by atoms with Crippen molar-refractivity contribution in [2.45, 2.75) is 77.8 Å². The highest BCUT2D eigenvalue weighted by Gasteiger charge is 2.24. The third-order valence-electron chi connectivity index (χ3n) is 6.33. The van der Waals surface area contributed by atoms with Gasteiger partial charge < -0.3 is 9.64 Å². The molecule has 0 N–H and O–H groups in total. The Morgan fingerprint density at radius 3 is 2.59 bits per heavy atom. The Morgan fingerprint density at radius 1 is 1.24 bits per heavy atom. The van der Waals surface area contributed by atoms with Crippen molar-refractivity contribution >= 4 is 16.8 Å². The molecule has 1 heterocycles. The molecule has 1 amide bonds. The average Bonchev–Trinajstić information content (AvgIpc) is 3.27. The molecular weight excluding hydrogens is 364 g/mol. The van der Waals surface area contributed by atoms with Gasteiger partial charge in [0.05, 0.1) is 12.6 Å². The Hall–Kier alpha value is -2.30. The lowest BCUT2D eigenvalue weighted by Crippen LogP contribution is -2.42. The van der Waals surface area contributed by atoms with Crippen LogP contribution in [-0.2, 0) is 11.3 Å². The van der Waals surface area contributed by atoms with Crippen LogP contribution in [0.1, 0.15) is 70.8 Å². The van der Waals surface area contributed by atoms with Gasteiger partial charge in [0.2, 0.25) is 5.91 Å². The second-order valence-corrected chi connectivity index (χ2v) is 8.24. The number of hydrogen-bond acceptors (Lipinski definition) is 3. The summed E-state index contributed by atoms with van der Waals surface area (Å²) in [6.07, 6.45) is 6.25. The van der Waals surface area contributed by atoms with Crippen molar-refractivity contribution in [1.82, 2.24) is 9.47 Å². The molecule has 158 valence electrons. The Bertz CT molecular complexity index is 912. The fraction of sp³-hybridized carbons (Fsp3) is 0.583. The first kappa shape index (κ1) is 21.4. The lowest BCUT2D eigenvalue weighted by Gasteiger charge is -2.29. The van der Waals surface area contributed by atoms with Crippen LogP contribution >= 0.6 is 0 Å². The molecular formula is C24H34N2O3. The van der Waals surface area contributed by atoms with E-state index >= 15 is 0 Å². The van der Waals surface area contributed by atoms with Gasteiger partial charge in [0.25, 0.3) is 5.56 Å². The fourth-order valence-corrected chi connectivity index (χ4v) is 4.47. The predicted molar refractivity (Wildman–Crippen MR) is 118 cm³/mol. The largest absolute Gasteiger partial charge is 0.497 e. The van der Waals surface area contributed by atoms with Gasteiger partial charge in [0.1, 0.15) is 12.3 Å². The molecule has 1 aromatic heterocycles. The smallest absolute Gasteiger partial charge is 0.255 e. The first-order valence-corrected chi connectivity index (χ1v) is 11.0. The van der Waals surface area contributed by atoms with Crippen molar-refractivity contribution in [3.63, 3.8) is 0 Å². The summed E-state index contributed by atoms with van der Waals surface area (Å²) in [4.78, 5) is 28.6. The summed E-state index contributed by atoms with van der Waals surface area (Å²) in [6.45, 7) is 7.04. The van der Waals surface area contributed by atoms with E-state index in [2.05, 4.69) is 20.8 Å². The zero-order chi connectivity index (χ0) is 21.0. The maximum Gasteiger partial charge on any atom is 0.255 e. The molecule has 1 saturated carbocycles. The van der Waals surface area contributed by atoms with E-state index in [1.54, 1.807) is 11.7 Å². The van der Waals surface area contributed by atoms with E-state index in [9.17, 15) is 9.59 Å². The molecule has 1 aromatic carbocycles. The van der Waals surface area contributed by atoms with Gasteiger partial charge in [0, 0.05) is 24.2 Å². The summed E-state index contributed by atoms with van der Waals surface area (Å²) in [5.74, 6) is 1.01. The first-order chi connectivity index (χ1) is 14.0. The highest BCUT2D eigenvalue weighted by molar-refractivity contribution is 5.84. The normalized spacial score (nSPS) is 15.6. The number of rotatable bonds is 8. The van der Waals surface area contributed by atoms with Crippen LogP contribution in [0.25, 0.3) is 10.9 Å². The van der Waals surface area contributed by atoms with E-state index in [1.165, 1.54) is 12.8 Å². The molecule has 2 aromatic rings. The molecule has 5 heteroatoms. The van der Waals surface area contributed by atoms with Crippen LogP contribution in [0, 0.1) is 0 Å². The van der Waals surface area contributed by atoms with Crippen LogP contribution in [0.3, 0.4) is 0 Å². The molecule has 1 unspecified atom stereocenters. The minimum absolute atomic E-state index is 0.0102. The SMILES string of the molecule is CCCN(C(=O)Cn1c(=O)c(C2CCCC2)cc2ccc(OC)cc21)C(C)CC. The quantitative estimate of drug-likeness (QED) is 0.647. The van der Waals surface area contributed by atoms with Gasteiger partial charge in [-0.05, 0) is 62.1 Å². The van der Waals surface area contributed by atoms with Crippen molar-refractivity contribution < 1.29 is 9.53 Å². The van der Waals surface area contributed by atoms with Gasteiger partial charge >= 0.3 is 0 Å². The van der Waals surface area contributed by atoms with E-state index in [0.717, 1.165) is 42.1 Å². The first-order valence-electron chi connectivity index (χ1n) is 11.0. The number of carbonyl (C=O) groups excluding carboxylic acids is 1.